The first-order chi connectivity index (χ1) is 10.7. The second-order valence-corrected chi connectivity index (χ2v) is 6.65. The summed E-state index contributed by atoms with van der Waals surface area (Å²) < 4.78 is 0. The Morgan fingerprint density at radius 1 is 1.36 bits per heavy atom. The zero-order valence-electron chi connectivity index (χ0n) is 14.0. The highest BCUT2D eigenvalue weighted by atomic mass is 16.1. The van der Waals surface area contributed by atoms with Crippen LogP contribution in [0.1, 0.15) is 45.1 Å². The van der Waals surface area contributed by atoms with Gasteiger partial charge in [-0.25, -0.2) is 0 Å². The van der Waals surface area contributed by atoms with E-state index in [-0.39, 0.29) is 11.9 Å². The van der Waals surface area contributed by atoms with Crippen LogP contribution in [-0.4, -0.2) is 25.0 Å². The van der Waals surface area contributed by atoms with Gasteiger partial charge >= 0.3 is 0 Å². The molecule has 0 saturated carbocycles. The van der Waals surface area contributed by atoms with Gasteiger partial charge in [0.05, 0.1) is 0 Å². The van der Waals surface area contributed by atoms with E-state index >= 15 is 0 Å². The van der Waals surface area contributed by atoms with Crippen LogP contribution in [0.2, 0.25) is 0 Å². The molecule has 1 fully saturated rings. The molecule has 0 aromatic heterocycles. The number of hydrogen-bond acceptors (Lipinski definition) is 2. The number of carbonyl (C=O) groups excluding carboxylic acids is 1. The van der Waals surface area contributed by atoms with Gasteiger partial charge in [0.1, 0.15) is 0 Å². The third-order valence-electron chi connectivity index (χ3n) is 4.83. The molecule has 1 aromatic rings. The summed E-state index contributed by atoms with van der Waals surface area (Å²) in [6.07, 6.45) is 5.03. The molecule has 3 atom stereocenters. The Hall–Kier alpha value is -1.35. The number of rotatable bonds is 7. The number of nitrogens with one attached hydrogen (secondary N) is 2. The summed E-state index contributed by atoms with van der Waals surface area (Å²) in [6.45, 7) is 6.55. The number of piperidine rings is 1. The van der Waals surface area contributed by atoms with Crippen LogP contribution in [0.15, 0.2) is 30.3 Å². The molecular formula is C19H30N2O. The average molecular weight is 302 g/mol. The maximum Gasteiger partial charge on any atom is 0.220 e. The third-order valence-corrected chi connectivity index (χ3v) is 4.83. The summed E-state index contributed by atoms with van der Waals surface area (Å²) >= 11 is 0. The Labute approximate surface area is 134 Å². The Kier molecular flexibility index (Phi) is 6.91. The Morgan fingerprint density at radius 3 is 2.77 bits per heavy atom. The Balaban J connectivity index is 1.78. The number of hydrogen-bond donors (Lipinski definition) is 2. The summed E-state index contributed by atoms with van der Waals surface area (Å²) in [5.74, 6) is 1.32. The first-order valence-electron chi connectivity index (χ1n) is 8.73. The van der Waals surface area contributed by atoms with Gasteiger partial charge in [0.15, 0.2) is 0 Å². The van der Waals surface area contributed by atoms with Gasteiger partial charge in [-0.1, -0.05) is 44.2 Å². The van der Waals surface area contributed by atoms with Gasteiger partial charge in [-0.15, -0.1) is 0 Å². The van der Waals surface area contributed by atoms with E-state index in [9.17, 15) is 4.79 Å². The molecule has 3 nitrogen and oxygen atoms in total. The van der Waals surface area contributed by atoms with Crippen molar-refractivity contribution < 1.29 is 4.79 Å². The molecule has 0 aliphatic carbocycles. The zero-order chi connectivity index (χ0) is 15.8. The standard InChI is InChI=1S/C19H30N2O/c1-3-18(13-16-8-5-4-6-9-16)21-19(22)12-15(2)17-10-7-11-20-14-17/h4-6,8-9,15,17-18,20H,3,7,10-14H2,1-2H3,(H,21,22). The zero-order valence-corrected chi connectivity index (χ0v) is 14.0. The van der Waals surface area contributed by atoms with Gasteiger partial charge in [-0.2, -0.15) is 0 Å². The van der Waals surface area contributed by atoms with Gasteiger partial charge < -0.3 is 10.6 Å². The van der Waals surface area contributed by atoms with Crippen molar-refractivity contribution in [3.8, 4) is 0 Å². The van der Waals surface area contributed by atoms with Gasteiger partial charge in [0.25, 0.3) is 0 Å². The van der Waals surface area contributed by atoms with E-state index in [1.807, 2.05) is 6.07 Å². The SMILES string of the molecule is CCC(Cc1ccccc1)NC(=O)CC(C)C1CCCNC1. The second-order valence-electron chi connectivity index (χ2n) is 6.65. The fraction of sp³-hybridized carbons (Fsp3) is 0.632. The van der Waals surface area contributed by atoms with E-state index in [4.69, 9.17) is 0 Å². The van der Waals surface area contributed by atoms with E-state index in [0.29, 0.717) is 18.3 Å². The normalized spacial score (nSPS) is 21.1. The van der Waals surface area contributed by atoms with Crippen LogP contribution in [-0.2, 0) is 11.2 Å². The molecule has 22 heavy (non-hydrogen) atoms. The molecule has 0 bridgehead atoms. The topological polar surface area (TPSA) is 41.1 Å². The molecule has 1 amide bonds. The van der Waals surface area contributed by atoms with Crippen molar-refractivity contribution in [1.82, 2.24) is 10.6 Å². The number of carbonyl (C=O) groups is 1. The minimum atomic E-state index is 0.209. The first kappa shape index (κ1) is 17.0. The molecule has 1 heterocycles. The van der Waals surface area contributed by atoms with E-state index < -0.39 is 0 Å². The molecule has 2 N–H and O–H groups in total. The molecule has 1 aromatic carbocycles. The second kappa shape index (κ2) is 8.94. The highest BCUT2D eigenvalue weighted by Crippen LogP contribution is 2.22. The van der Waals surface area contributed by atoms with Crippen molar-refractivity contribution in [2.45, 2.75) is 52.0 Å². The van der Waals surface area contributed by atoms with Crippen LogP contribution >= 0.6 is 0 Å². The van der Waals surface area contributed by atoms with Gasteiger partial charge in [-0.05, 0) is 56.2 Å². The van der Waals surface area contributed by atoms with Gasteiger partial charge in [0.2, 0.25) is 5.91 Å². The van der Waals surface area contributed by atoms with Crippen molar-refractivity contribution in [1.29, 1.82) is 0 Å². The van der Waals surface area contributed by atoms with E-state index in [1.54, 1.807) is 0 Å². The minimum absolute atomic E-state index is 0.209. The molecule has 0 radical (unpaired) electrons. The van der Waals surface area contributed by atoms with Crippen molar-refractivity contribution in [2.24, 2.45) is 11.8 Å². The fourth-order valence-corrected chi connectivity index (χ4v) is 3.31. The smallest absolute Gasteiger partial charge is 0.220 e. The molecule has 0 spiro atoms. The quantitative estimate of drug-likeness (QED) is 0.812. The summed E-state index contributed by atoms with van der Waals surface area (Å²) in [4.78, 5) is 12.3. The molecule has 3 unspecified atom stereocenters. The predicted octanol–water partition coefficient (Wildman–Crippen LogP) is 3.15. The first-order valence-corrected chi connectivity index (χ1v) is 8.73. The van der Waals surface area contributed by atoms with Crippen molar-refractivity contribution >= 4 is 5.91 Å². The monoisotopic (exact) mass is 302 g/mol. The molecule has 1 aliphatic rings. The largest absolute Gasteiger partial charge is 0.353 e. The maximum absolute atomic E-state index is 12.3. The van der Waals surface area contributed by atoms with Crippen molar-refractivity contribution in [3.05, 3.63) is 35.9 Å². The van der Waals surface area contributed by atoms with E-state index in [2.05, 4.69) is 48.7 Å². The summed E-state index contributed by atoms with van der Waals surface area (Å²) in [7, 11) is 0. The highest BCUT2D eigenvalue weighted by Gasteiger charge is 2.22. The lowest BCUT2D eigenvalue weighted by molar-refractivity contribution is -0.123. The van der Waals surface area contributed by atoms with Crippen LogP contribution in [0, 0.1) is 11.8 Å². The van der Waals surface area contributed by atoms with Crippen LogP contribution in [0.4, 0.5) is 0 Å². The maximum atomic E-state index is 12.3. The van der Waals surface area contributed by atoms with Crippen LogP contribution < -0.4 is 10.6 Å². The van der Waals surface area contributed by atoms with E-state index in [0.717, 1.165) is 25.9 Å². The molecular weight excluding hydrogens is 272 g/mol. The summed E-state index contributed by atoms with van der Waals surface area (Å²) in [5, 5.41) is 6.67. The average Bonchev–Trinajstić information content (AvgIpc) is 2.56. The lowest BCUT2D eigenvalue weighted by Crippen LogP contribution is -2.39. The summed E-state index contributed by atoms with van der Waals surface area (Å²) in [5.41, 5.74) is 1.29. The Bertz CT molecular complexity index is 440. The van der Waals surface area contributed by atoms with Crippen LogP contribution in [0.5, 0.6) is 0 Å². The van der Waals surface area contributed by atoms with Crippen molar-refractivity contribution in [2.75, 3.05) is 13.1 Å². The van der Waals surface area contributed by atoms with Gasteiger partial charge in [-0.3, -0.25) is 4.79 Å². The third kappa shape index (κ3) is 5.45. The lowest BCUT2D eigenvalue weighted by Gasteiger charge is -2.28. The minimum Gasteiger partial charge on any atom is -0.353 e. The molecule has 2 rings (SSSR count). The molecule has 1 saturated heterocycles. The number of amides is 1. The van der Waals surface area contributed by atoms with Crippen LogP contribution in [0.3, 0.4) is 0 Å². The van der Waals surface area contributed by atoms with Crippen molar-refractivity contribution in [3.63, 3.8) is 0 Å². The molecule has 1 aliphatic heterocycles. The lowest BCUT2D eigenvalue weighted by atomic mass is 9.85. The number of benzene rings is 1. The van der Waals surface area contributed by atoms with Crippen LogP contribution in [0.25, 0.3) is 0 Å². The van der Waals surface area contributed by atoms with Gasteiger partial charge in [0, 0.05) is 12.5 Å². The molecule has 122 valence electrons. The highest BCUT2D eigenvalue weighted by molar-refractivity contribution is 5.76. The predicted molar refractivity (Wildman–Crippen MR) is 91.7 cm³/mol. The summed E-state index contributed by atoms with van der Waals surface area (Å²) in [6, 6.07) is 10.6. The van der Waals surface area contributed by atoms with E-state index in [1.165, 1.54) is 18.4 Å². The fourth-order valence-electron chi connectivity index (χ4n) is 3.31. The molecule has 3 heteroatoms. The Morgan fingerprint density at radius 2 is 2.14 bits per heavy atom.